The van der Waals surface area contributed by atoms with E-state index >= 15 is 0 Å². The maximum atomic E-state index is 4.21. The summed E-state index contributed by atoms with van der Waals surface area (Å²) in [4.78, 5) is 0. The van der Waals surface area contributed by atoms with Gasteiger partial charge in [-0.15, -0.1) is 0 Å². The first kappa shape index (κ1) is 14.3. The van der Waals surface area contributed by atoms with Crippen LogP contribution in [0.3, 0.4) is 0 Å². The Kier molecular flexibility index (Phi) is 5.61. The van der Waals surface area contributed by atoms with Crippen LogP contribution in [0.25, 0.3) is 0 Å². The molecule has 1 aromatic heterocycles. The lowest BCUT2D eigenvalue weighted by Gasteiger charge is -2.17. The van der Waals surface area contributed by atoms with Gasteiger partial charge in [-0.1, -0.05) is 35.0 Å². The second kappa shape index (κ2) is 7.46. The van der Waals surface area contributed by atoms with Gasteiger partial charge in [-0.2, -0.15) is 5.10 Å². The molecule has 1 heterocycles. The minimum atomic E-state index is 0.426. The summed E-state index contributed by atoms with van der Waals surface area (Å²) >= 11 is 3.53. The lowest BCUT2D eigenvalue weighted by molar-refractivity contribution is 0.479. The fraction of sp³-hybridized carbons (Fsp3) is 0.400. The zero-order valence-corrected chi connectivity index (χ0v) is 12.8. The first-order valence-electron chi connectivity index (χ1n) is 6.76. The summed E-state index contributed by atoms with van der Waals surface area (Å²) in [6.45, 7) is 4.19. The summed E-state index contributed by atoms with van der Waals surface area (Å²) in [6.07, 6.45) is 6.01. The highest BCUT2D eigenvalue weighted by molar-refractivity contribution is 9.10. The van der Waals surface area contributed by atoms with Gasteiger partial charge in [-0.05, 0) is 43.1 Å². The Morgan fingerprint density at radius 3 is 2.95 bits per heavy atom. The molecule has 0 saturated carbocycles. The van der Waals surface area contributed by atoms with E-state index in [0.717, 1.165) is 30.4 Å². The van der Waals surface area contributed by atoms with Crippen LogP contribution in [0.15, 0.2) is 47.2 Å². The van der Waals surface area contributed by atoms with Crippen LogP contribution in [0.5, 0.6) is 0 Å². The highest BCUT2D eigenvalue weighted by atomic mass is 79.9. The molecule has 1 N–H and O–H groups in total. The molecule has 3 nitrogen and oxygen atoms in total. The van der Waals surface area contributed by atoms with Crippen LogP contribution in [-0.4, -0.2) is 16.3 Å². The fourth-order valence-electron chi connectivity index (χ4n) is 2.17. The predicted molar refractivity (Wildman–Crippen MR) is 82.0 cm³/mol. The maximum Gasteiger partial charge on any atom is 0.0489 e. The number of nitrogens with one attached hydrogen (secondary N) is 1. The molecule has 0 saturated heterocycles. The van der Waals surface area contributed by atoms with E-state index in [0.29, 0.717) is 6.04 Å². The average molecular weight is 322 g/mol. The Balaban J connectivity index is 1.79. The Labute approximate surface area is 123 Å². The van der Waals surface area contributed by atoms with Crippen molar-refractivity contribution in [2.75, 3.05) is 6.54 Å². The number of hydrogen-bond acceptors (Lipinski definition) is 2. The summed E-state index contributed by atoms with van der Waals surface area (Å²) in [5.74, 6) is 0. The van der Waals surface area contributed by atoms with Crippen molar-refractivity contribution in [3.05, 3.63) is 52.8 Å². The van der Waals surface area contributed by atoms with Crippen LogP contribution in [0.4, 0.5) is 0 Å². The van der Waals surface area contributed by atoms with E-state index in [1.807, 2.05) is 23.1 Å². The molecule has 0 radical (unpaired) electrons. The van der Waals surface area contributed by atoms with Crippen molar-refractivity contribution < 1.29 is 0 Å². The molecule has 0 aliphatic carbocycles. The van der Waals surface area contributed by atoms with Crippen molar-refractivity contribution in [3.63, 3.8) is 0 Å². The Morgan fingerprint density at radius 2 is 2.26 bits per heavy atom. The second-order valence-electron chi connectivity index (χ2n) is 4.59. The molecular formula is C15H20BrN3. The molecule has 2 aromatic rings. The van der Waals surface area contributed by atoms with Crippen LogP contribution in [0.2, 0.25) is 0 Å². The van der Waals surface area contributed by atoms with Crippen molar-refractivity contribution in [2.45, 2.75) is 32.4 Å². The van der Waals surface area contributed by atoms with Crippen molar-refractivity contribution in [1.29, 1.82) is 0 Å². The molecule has 1 aromatic carbocycles. The fourth-order valence-corrected chi connectivity index (χ4v) is 2.59. The maximum absolute atomic E-state index is 4.21. The van der Waals surface area contributed by atoms with Crippen LogP contribution >= 0.6 is 15.9 Å². The molecule has 0 fully saturated rings. The summed E-state index contributed by atoms with van der Waals surface area (Å²) in [5, 5.41) is 7.82. The molecule has 19 heavy (non-hydrogen) atoms. The van der Waals surface area contributed by atoms with Gasteiger partial charge in [-0.25, -0.2) is 0 Å². The first-order chi connectivity index (χ1) is 9.29. The van der Waals surface area contributed by atoms with Crippen molar-refractivity contribution in [2.24, 2.45) is 0 Å². The SMILES string of the molecule is CCC(NCCCn1cccn1)c1cccc(Br)c1. The minimum Gasteiger partial charge on any atom is -0.310 e. The van der Waals surface area contributed by atoms with Gasteiger partial charge in [0.05, 0.1) is 0 Å². The lowest BCUT2D eigenvalue weighted by Crippen LogP contribution is -2.23. The normalized spacial score (nSPS) is 12.5. The van der Waals surface area contributed by atoms with Crippen molar-refractivity contribution in [3.8, 4) is 0 Å². The van der Waals surface area contributed by atoms with Gasteiger partial charge in [0.2, 0.25) is 0 Å². The lowest BCUT2D eigenvalue weighted by atomic mass is 10.0. The number of hydrogen-bond donors (Lipinski definition) is 1. The predicted octanol–water partition coefficient (Wildman–Crippen LogP) is 3.78. The summed E-state index contributed by atoms with van der Waals surface area (Å²) in [6, 6.07) is 10.9. The average Bonchev–Trinajstić information content (AvgIpc) is 2.92. The van der Waals surface area contributed by atoms with Crippen LogP contribution in [-0.2, 0) is 6.54 Å². The molecular weight excluding hydrogens is 302 g/mol. The molecule has 0 aliphatic rings. The molecule has 102 valence electrons. The quantitative estimate of drug-likeness (QED) is 0.786. The summed E-state index contributed by atoms with van der Waals surface area (Å²) in [5.41, 5.74) is 1.34. The smallest absolute Gasteiger partial charge is 0.0489 e. The van der Waals surface area contributed by atoms with E-state index in [1.165, 1.54) is 5.56 Å². The standard InChI is InChI=1S/C15H20BrN3/c1-2-15(13-6-3-7-14(16)12-13)17-8-4-10-19-11-5-9-18-19/h3,5-7,9,11-12,15,17H,2,4,8,10H2,1H3. The topological polar surface area (TPSA) is 29.9 Å². The van der Waals surface area contributed by atoms with E-state index < -0.39 is 0 Å². The molecule has 0 spiro atoms. The van der Waals surface area contributed by atoms with E-state index in [1.54, 1.807) is 0 Å². The third-order valence-corrected chi connectivity index (χ3v) is 3.67. The van der Waals surface area contributed by atoms with Crippen molar-refractivity contribution in [1.82, 2.24) is 15.1 Å². The molecule has 0 amide bonds. The molecule has 0 bridgehead atoms. The van der Waals surface area contributed by atoms with Gasteiger partial charge in [0, 0.05) is 29.5 Å². The van der Waals surface area contributed by atoms with Crippen LogP contribution in [0, 0.1) is 0 Å². The molecule has 2 rings (SSSR count). The second-order valence-corrected chi connectivity index (χ2v) is 5.51. The first-order valence-corrected chi connectivity index (χ1v) is 7.55. The van der Waals surface area contributed by atoms with Gasteiger partial charge in [0.15, 0.2) is 0 Å². The van der Waals surface area contributed by atoms with E-state index in [4.69, 9.17) is 0 Å². The molecule has 0 aliphatic heterocycles. The monoisotopic (exact) mass is 321 g/mol. The Morgan fingerprint density at radius 1 is 1.37 bits per heavy atom. The number of benzene rings is 1. The van der Waals surface area contributed by atoms with Gasteiger partial charge in [-0.3, -0.25) is 4.68 Å². The third kappa shape index (κ3) is 4.48. The largest absolute Gasteiger partial charge is 0.310 e. The number of aromatic nitrogens is 2. The Hall–Kier alpha value is -1.13. The number of nitrogens with zero attached hydrogens (tertiary/aromatic N) is 2. The Bertz CT molecular complexity index is 482. The highest BCUT2D eigenvalue weighted by Gasteiger charge is 2.08. The van der Waals surface area contributed by atoms with Gasteiger partial charge >= 0.3 is 0 Å². The summed E-state index contributed by atoms with van der Waals surface area (Å²) < 4.78 is 3.11. The summed E-state index contributed by atoms with van der Waals surface area (Å²) in [7, 11) is 0. The third-order valence-electron chi connectivity index (χ3n) is 3.17. The van der Waals surface area contributed by atoms with E-state index in [2.05, 4.69) is 57.5 Å². The molecule has 1 unspecified atom stereocenters. The zero-order chi connectivity index (χ0) is 13.5. The minimum absolute atomic E-state index is 0.426. The highest BCUT2D eigenvalue weighted by Crippen LogP contribution is 2.20. The number of rotatable bonds is 7. The van der Waals surface area contributed by atoms with Crippen LogP contribution < -0.4 is 5.32 Å². The van der Waals surface area contributed by atoms with E-state index in [9.17, 15) is 0 Å². The van der Waals surface area contributed by atoms with Gasteiger partial charge in [0.1, 0.15) is 0 Å². The van der Waals surface area contributed by atoms with Crippen molar-refractivity contribution >= 4 is 15.9 Å². The number of halogens is 1. The zero-order valence-electron chi connectivity index (χ0n) is 11.2. The molecule has 4 heteroatoms. The van der Waals surface area contributed by atoms with Crippen LogP contribution in [0.1, 0.15) is 31.4 Å². The number of aryl methyl sites for hydroxylation is 1. The van der Waals surface area contributed by atoms with E-state index in [-0.39, 0.29) is 0 Å². The molecule has 1 atom stereocenters. The van der Waals surface area contributed by atoms with Gasteiger partial charge in [0.25, 0.3) is 0 Å². The van der Waals surface area contributed by atoms with Gasteiger partial charge < -0.3 is 5.32 Å².